The Kier molecular flexibility index (Phi) is 7.16. The van der Waals surface area contributed by atoms with E-state index in [9.17, 15) is 19.2 Å². The van der Waals surface area contributed by atoms with Gasteiger partial charge in [-0.2, -0.15) is 0 Å². The molecule has 0 saturated carbocycles. The highest BCUT2D eigenvalue weighted by atomic mass is 16.7. The Morgan fingerprint density at radius 2 is 1.44 bits per heavy atom. The molecule has 1 aromatic rings. The SMILES string of the molecule is CCOC(=O)C(Cc1ccccc1)(C(=O)OCC)[C@H]1C=C[C@@H](C2(C)C(=O)OC(C)(C)OC2=O)O1. The largest absolute Gasteiger partial charge is 0.465 e. The molecule has 2 aliphatic rings. The molecule has 0 N–H and O–H groups in total. The van der Waals surface area contributed by atoms with Crippen LogP contribution in [0.4, 0.5) is 0 Å². The van der Waals surface area contributed by atoms with Crippen LogP contribution in [0.3, 0.4) is 0 Å². The molecule has 0 aliphatic carbocycles. The number of cyclic esters (lactones) is 2. The molecular formula is C25H30O9. The summed E-state index contributed by atoms with van der Waals surface area (Å²) in [4.78, 5) is 52.3. The summed E-state index contributed by atoms with van der Waals surface area (Å²) >= 11 is 0. The van der Waals surface area contributed by atoms with Gasteiger partial charge < -0.3 is 23.7 Å². The molecule has 3 rings (SSSR count). The maximum atomic E-state index is 13.3. The first-order chi connectivity index (χ1) is 16.0. The van der Waals surface area contributed by atoms with Crippen LogP contribution in [0, 0.1) is 10.8 Å². The normalized spacial score (nSPS) is 23.1. The summed E-state index contributed by atoms with van der Waals surface area (Å²) < 4.78 is 27.2. The number of esters is 4. The zero-order valence-corrected chi connectivity index (χ0v) is 20.0. The van der Waals surface area contributed by atoms with E-state index in [2.05, 4.69) is 0 Å². The summed E-state index contributed by atoms with van der Waals surface area (Å²) in [6.45, 7) is 7.55. The van der Waals surface area contributed by atoms with Gasteiger partial charge in [0.25, 0.3) is 5.79 Å². The van der Waals surface area contributed by atoms with Gasteiger partial charge in [-0.25, -0.2) is 0 Å². The highest BCUT2D eigenvalue weighted by molar-refractivity contribution is 6.03. The standard InChI is InChI=1S/C25H30O9/c1-6-30-21(28)25(22(29)31-7-2,15-16-11-9-8-10-12-16)18-14-13-17(32-18)24(5)19(26)33-23(3,4)34-20(24)27/h8-14,17-18H,6-7,15H2,1-5H3/t17-,18+/m0/s1. The van der Waals surface area contributed by atoms with Crippen LogP contribution in [-0.2, 0) is 49.3 Å². The van der Waals surface area contributed by atoms with Crippen molar-refractivity contribution in [3.63, 3.8) is 0 Å². The Labute approximate surface area is 198 Å². The zero-order valence-electron chi connectivity index (χ0n) is 20.0. The molecule has 1 aromatic carbocycles. The van der Waals surface area contributed by atoms with Crippen LogP contribution in [0.25, 0.3) is 0 Å². The van der Waals surface area contributed by atoms with Crippen molar-refractivity contribution in [2.75, 3.05) is 13.2 Å². The Bertz CT molecular complexity index is 941. The van der Waals surface area contributed by atoms with Crippen molar-refractivity contribution in [3.05, 3.63) is 48.0 Å². The quantitative estimate of drug-likeness (QED) is 0.243. The van der Waals surface area contributed by atoms with E-state index in [1.165, 1.54) is 32.9 Å². The molecule has 0 amide bonds. The molecule has 1 saturated heterocycles. The van der Waals surface area contributed by atoms with E-state index in [1.54, 1.807) is 38.1 Å². The third-order valence-electron chi connectivity index (χ3n) is 5.94. The number of benzene rings is 1. The van der Waals surface area contributed by atoms with Crippen molar-refractivity contribution < 1.29 is 42.9 Å². The molecule has 34 heavy (non-hydrogen) atoms. The second-order valence-electron chi connectivity index (χ2n) is 8.82. The third kappa shape index (κ3) is 4.44. The minimum Gasteiger partial charge on any atom is -0.465 e. The van der Waals surface area contributed by atoms with E-state index in [-0.39, 0.29) is 19.6 Å². The lowest BCUT2D eigenvalue weighted by atomic mass is 9.76. The van der Waals surface area contributed by atoms with Crippen molar-refractivity contribution in [1.29, 1.82) is 0 Å². The van der Waals surface area contributed by atoms with Gasteiger partial charge in [-0.15, -0.1) is 0 Å². The second-order valence-corrected chi connectivity index (χ2v) is 8.82. The average Bonchev–Trinajstić information content (AvgIpc) is 3.27. The summed E-state index contributed by atoms with van der Waals surface area (Å²) in [5, 5.41) is 0. The molecular weight excluding hydrogens is 444 g/mol. The Morgan fingerprint density at radius 1 is 0.912 bits per heavy atom. The van der Waals surface area contributed by atoms with Gasteiger partial charge in [-0.05, 0) is 26.3 Å². The molecule has 0 radical (unpaired) electrons. The molecule has 9 nitrogen and oxygen atoms in total. The minimum atomic E-state index is -1.91. The highest BCUT2D eigenvalue weighted by Crippen LogP contribution is 2.43. The predicted molar refractivity (Wildman–Crippen MR) is 118 cm³/mol. The zero-order chi connectivity index (χ0) is 25.1. The van der Waals surface area contributed by atoms with E-state index in [0.717, 1.165) is 0 Å². The fourth-order valence-corrected chi connectivity index (χ4v) is 4.05. The molecule has 2 heterocycles. The topological polar surface area (TPSA) is 114 Å². The Hall–Kier alpha value is -3.20. The first kappa shape index (κ1) is 25.4. The van der Waals surface area contributed by atoms with Crippen molar-refractivity contribution >= 4 is 23.9 Å². The average molecular weight is 475 g/mol. The van der Waals surface area contributed by atoms with Crippen molar-refractivity contribution in [3.8, 4) is 0 Å². The van der Waals surface area contributed by atoms with Crippen LogP contribution in [0.2, 0.25) is 0 Å². The van der Waals surface area contributed by atoms with Crippen LogP contribution >= 0.6 is 0 Å². The van der Waals surface area contributed by atoms with E-state index in [0.29, 0.717) is 5.56 Å². The van der Waals surface area contributed by atoms with Crippen LogP contribution in [0.15, 0.2) is 42.5 Å². The molecule has 0 spiro atoms. The van der Waals surface area contributed by atoms with Gasteiger partial charge in [0.1, 0.15) is 12.2 Å². The van der Waals surface area contributed by atoms with E-state index >= 15 is 0 Å². The summed E-state index contributed by atoms with van der Waals surface area (Å²) in [5.74, 6) is -4.72. The van der Waals surface area contributed by atoms with Gasteiger partial charge >= 0.3 is 23.9 Å². The number of rotatable bonds is 8. The smallest absolute Gasteiger partial charge is 0.329 e. The predicted octanol–water partition coefficient (Wildman–Crippen LogP) is 2.51. The van der Waals surface area contributed by atoms with E-state index in [4.69, 9.17) is 23.7 Å². The van der Waals surface area contributed by atoms with E-state index < -0.39 is 52.7 Å². The molecule has 0 bridgehead atoms. The number of ether oxygens (including phenoxy) is 5. The number of hydrogen-bond acceptors (Lipinski definition) is 9. The van der Waals surface area contributed by atoms with Gasteiger partial charge in [0, 0.05) is 20.3 Å². The van der Waals surface area contributed by atoms with Gasteiger partial charge in [-0.3, -0.25) is 19.2 Å². The number of carbonyl (C=O) groups is 4. The molecule has 1 fully saturated rings. The van der Waals surface area contributed by atoms with E-state index in [1.807, 2.05) is 6.07 Å². The molecule has 0 unspecified atom stereocenters. The summed E-state index contributed by atoms with van der Waals surface area (Å²) in [7, 11) is 0. The number of carbonyl (C=O) groups excluding carboxylic acids is 4. The fourth-order valence-electron chi connectivity index (χ4n) is 4.05. The van der Waals surface area contributed by atoms with Crippen LogP contribution in [-0.4, -0.2) is 55.1 Å². The monoisotopic (exact) mass is 474 g/mol. The van der Waals surface area contributed by atoms with Gasteiger partial charge in [0.05, 0.1) is 13.2 Å². The third-order valence-corrected chi connectivity index (χ3v) is 5.94. The van der Waals surface area contributed by atoms with Crippen molar-refractivity contribution in [2.45, 2.75) is 59.0 Å². The maximum Gasteiger partial charge on any atom is 0.329 e. The fraction of sp³-hybridized carbons (Fsp3) is 0.520. The van der Waals surface area contributed by atoms with Crippen molar-refractivity contribution in [1.82, 2.24) is 0 Å². The lowest BCUT2D eigenvalue weighted by Gasteiger charge is -2.41. The number of hydrogen-bond donors (Lipinski definition) is 0. The van der Waals surface area contributed by atoms with Gasteiger partial charge in [0.2, 0.25) is 0 Å². The molecule has 2 aliphatic heterocycles. The van der Waals surface area contributed by atoms with Crippen molar-refractivity contribution in [2.24, 2.45) is 10.8 Å². The molecule has 2 atom stereocenters. The Balaban J connectivity index is 2.01. The summed E-state index contributed by atoms with van der Waals surface area (Å²) in [6.07, 6.45) is 0.540. The molecule has 9 heteroatoms. The first-order valence-electron chi connectivity index (χ1n) is 11.2. The van der Waals surface area contributed by atoms with Crippen LogP contribution in [0.1, 0.15) is 40.2 Å². The molecule has 0 aromatic heterocycles. The highest BCUT2D eigenvalue weighted by Gasteiger charge is 2.63. The minimum absolute atomic E-state index is 0.0279. The van der Waals surface area contributed by atoms with Crippen LogP contribution < -0.4 is 0 Å². The van der Waals surface area contributed by atoms with Gasteiger partial charge in [-0.1, -0.05) is 42.5 Å². The van der Waals surface area contributed by atoms with Crippen LogP contribution in [0.5, 0.6) is 0 Å². The first-order valence-corrected chi connectivity index (χ1v) is 11.2. The summed E-state index contributed by atoms with van der Waals surface area (Å²) in [6, 6.07) is 8.90. The second kappa shape index (κ2) is 9.58. The van der Waals surface area contributed by atoms with Gasteiger partial charge in [0.15, 0.2) is 10.8 Å². The summed E-state index contributed by atoms with van der Waals surface area (Å²) in [5.41, 5.74) is -3.06. The Morgan fingerprint density at radius 3 is 1.94 bits per heavy atom. The lowest BCUT2D eigenvalue weighted by molar-refractivity contribution is -0.257. The maximum absolute atomic E-state index is 13.3. The molecule has 184 valence electrons. The lowest BCUT2D eigenvalue weighted by Crippen LogP contribution is -2.58.